The molecule has 1 atom stereocenters. The summed E-state index contributed by atoms with van der Waals surface area (Å²) in [5, 5.41) is 11.9. The van der Waals surface area contributed by atoms with Crippen LogP contribution in [0, 0.1) is 17.6 Å². The van der Waals surface area contributed by atoms with Crippen LogP contribution in [0.1, 0.15) is 37.3 Å². The third kappa shape index (κ3) is 4.64. The van der Waals surface area contributed by atoms with E-state index in [1.165, 1.54) is 24.3 Å². The minimum absolute atomic E-state index is 0.0736. The quantitative estimate of drug-likeness (QED) is 0.697. The molecule has 0 saturated carbocycles. The van der Waals surface area contributed by atoms with E-state index >= 15 is 0 Å². The van der Waals surface area contributed by atoms with Gasteiger partial charge in [-0.3, -0.25) is 0 Å². The van der Waals surface area contributed by atoms with Crippen molar-refractivity contribution in [2.75, 3.05) is 32.7 Å². The molecule has 4 rings (SSSR count). The molecule has 5 nitrogen and oxygen atoms in total. The third-order valence-corrected chi connectivity index (χ3v) is 6.85. The first-order chi connectivity index (χ1) is 15.4. The lowest BCUT2D eigenvalue weighted by atomic mass is 9.72. The topological polar surface area (TPSA) is 53.0 Å². The fourth-order valence-corrected chi connectivity index (χ4v) is 4.93. The molecule has 2 aliphatic rings. The number of rotatable bonds is 7. The van der Waals surface area contributed by atoms with Gasteiger partial charge in [-0.1, -0.05) is 24.3 Å². The van der Waals surface area contributed by atoms with Crippen molar-refractivity contribution in [3.05, 3.63) is 71.3 Å². The zero-order valence-corrected chi connectivity index (χ0v) is 18.3. The molecular formula is C25H30F2N2O3. The lowest BCUT2D eigenvalue weighted by molar-refractivity contribution is -0.0155. The van der Waals surface area contributed by atoms with Gasteiger partial charge in [0.05, 0.1) is 6.54 Å². The Balaban J connectivity index is 1.43. The first-order valence-electron chi connectivity index (χ1n) is 11.3. The van der Waals surface area contributed by atoms with Crippen molar-refractivity contribution >= 4 is 6.09 Å². The Kier molecular flexibility index (Phi) is 6.76. The maximum absolute atomic E-state index is 13.5. The highest BCUT2D eigenvalue weighted by atomic mass is 19.1. The van der Waals surface area contributed by atoms with Gasteiger partial charge in [-0.15, -0.1) is 0 Å². The Bertz CT molecular complexity index is 866. The molecule has 1 N–H and O–H groups in total. The van der Waals surface area contributed by atoms with Crippen LogP contribution in [0.3, 0.4) is 0 Å². The van der Waals surface area contributed by atoms with Crippen LogP contribution in [0.25, 0.3) is 0 Å². The van der Waals surface area contributed by atoms with Gasteiger partial charge in [-0.2, -0.15) is 0 Å². The molecule has 0 bridgehead atoms. The summed E-state index contributed by atoms with van der Waals surface area (Å²) in [6.45, 7) is 5.67. The molecule has 32 heavy (non-hydrogen) atoms. The van der Waals surface area contributed by atoms with E-state index in [4.69, 9.17) is 4.74 Å². The minimum atomic E-state index is -1.32. The number of nitrogens with zero attached hydrogens (tertiary/aromatic N) is 2. The van der Waals surface area contributed by atoms with E-state index < -0.39 is 5.60 Å². The van der Waals surface area contributed by atoms with E-state index in [1.807, 2.05) is 6.92 Å². The number of piperidine rings is 1. The number of aliphatic hydroxyl groups is 1. The number of hydrogen-bond acceptors (Lipinski definition) is 4. The number of carbonyl (C=O) groups is 1. The second-order valence-electron chi connectivity index (χ2n) is 8.73. The Morgan fingerprint density at radius 1 is 1.00 bits per heavy atom. The van der Waals surface area contributed by atoms with Crippen molar-refractivity contribution in [3.8, 4) is 0 Å². The summed E-state index contributed by atoms with van der Waals surface area (Å²) in [6.07, 6.45) is 1.97. The Labute approximate surface area is 187 Å². The summed E-state index contributed by atoms with van der Waals surface area (Å²) in [4.78, 5) is 15.8. The molecule has 0 radical (unpaired) electrons. The van der Waals surface area contributed by atoms with Gasteiger partial charge in [-0.05, 0) is 80.6 Å². The number of likely N-dealkylation sites (N-methyl/N-ethyl adjacent to an activating group) is 1. The zero-order chi connectivity index (χ0) is 22.7. The molecule has 1 unspecified atom stereocenters. The summed E-state index contributed by atoms with van der Waals surface area (Å²) in [6, 6.07) is 11.8. The van der Waals surface area contributed by atoms with Crippen LogP contribution in [0.5, 0.6) is 0 Å². The summed E-state index contributed by atoms with van der Waals surface area (Å²) < 4.78 is 32.5. The number of hydrogen-bond donors (Lipinski definition) is 1. The van der Waals surface area contributed by atoms with Crippen LogP contribution in [-0.4, -0.2) is 59.8 Å². The maximum atomic E-state index is 13.5. The van der Waals surface area contributed by atoms with E-state index in [1.54, 1.807) is 29.2 Å². The monoisotopic (exact) mass is 444 g/mol. The van der Waals surface area contributed by atoms with Crippen molar-refractivity contribution in [2.24, 2.45) is 5.92 Å². The molecule has 2 saturated heterocycles. The Morgan fingerprint density at radius 3 is 2.00 bits per heavy atom. The number of ether oxygens (including phenoxy) is 1. The summed E-state index contributed by atoms with van der Waals surface area (Å²) >= 11 is 0. The van der Waals surface area contributed by atoms with Crippen molar-refractivity contribution < 1.29 is 23.4 Å². The van der Waals surface area contributed by atoms with Crippen molar-refractivity contribution in [3.63, 3.8) is 0 Å². The van der Waals surface area contributed by atoms with Gasteiger partial charge in [-0.25, -0.2) is 13.6 Å². The second-order valence-corrected chi connectivity index (χ2v) is 8.73. The van der Waals surface area contributed by atoms with Crippen LogP contribution in [0.4, 0.5) is 13.6 Å². The normalized spacial score (nSPS) is 20.6. The fourth-order valence-electron chi connectivity index (χ4n) is 4.93. The number of likely N-dealkylation sites (tertiary alicyclic amines) is 1. The SMILES string of the molecule is CCN1CC(CCN2CCC(C(O)(c3ccc(F)cc3)c3ccc(F)cc3)CC2)OC1=O. The average molecular weight is 445 g/mol. The Hall–Kier alpha value is -2.51. The lowest BCUT2D eigenvalue weighted by Crippen LogP contribution is -2.44. The van der Waals surface area contributed by atoms with Gasteiger partial charge < -0.3 is 19.6 Å². The number of carbonyl (C=O) groups excluding carboxylic acids is 1. The minimum Gasteiger partial charge on any atom is -0.444 e. The average Bonchev–Trinajstić information content (AvgIpc) is 3.18. The first kappa shape index (κ1) is 22.7. The molecule has 172 valence electrons. The van der Waals surface area contributed by atoms with Crippen LogP contribution >= 0.6 is 0 Å². The van der Waals surface area contributed by atoms with Crippen molar-refractivity contribution in [2.45, 2.75) is 37.9 Å². The van der Waals surface area contributed by atoms with E-state index in [0.717, 1.165) is 38.9 Å². The zero-order valence-electron chi connectivity index (χ0n) is 18.3. The highest BCUT2D eigenvalue weighted by Gasteiger charge is 2.42. The number of benzene rings is 2. The first-order valence-corrected chi connectivity index (χ1v) is 11.3. The van der Waals surface area contributed by atoms with E-state index in [2.05, 4.69) is 4.90 Å². The van der Waals surface area contributed by atoms with Crippen LogP contribution < -0.4 is 0 Å². The third-order valence-electron chi connectivity index (χ3n) is 6.85. The molecule has 7 heteroatoms. The standard InChI is InChI=1S/C25H30F2N2O3/c1-2-29-17-23(32-24(29)30)13-16-28-14-11-20(12-15-28)25(31,18-3-7-21(26)8-4-18)19-5-9-22(27)10-6-19/h3-10,20,23,31H,2,11-17H2,1H3. The molecule has 0 spiro atoms. The van der Waals surface area contributed by atoms with E-state index in [0.29, 0.717) is 24.2 Å². The van der Waals surface area contributed by atoms with E-state index in [-0.39, 0.29) is 29.7 Å². The van der Waals surface area contributed by atoms with Crippen LogP contribution in [-0.2, 0) is 10.3 Å². The molecule has 2 aromatic rings. The van der Waals surface area contributed by atoms with Gasteiger partial charge in [0.1, 0.15) is 23.3 Å². The Morgan fingerprint density at radius 2 is 1.53 bits per heavy atom. The molecule has 0 aliphatic carbocycles. The number of amides is 1. The van der Waals surface area contributed by atoms with E-state index in [9.17, 15) is 18.7 Å². The molecule has 1 amide bonds. The van der Waals surface area contributed by atoms with Gasteiger partial charge >= 0.3 is 6.09 Å². The molecule has 2 heterocycles. The molecule has 0 aromatic heterocycles. The molecule has 2 aliphatic heterocycles. The largest absolute Gasteiger partial charge is 0.444 e. The predicted molar refractivity (Wildman–Crippen MR) is 117 cm³/mol. The highest BCUT2D eigenvalue weighted by Crippen LogP contribution is 2.42. The van der Waals surface area contributed by atoms with Gasteiger partial charge in [0, 0.05) is 13.1 Å². The van der Waals surface area contributed by atoms with Crippen LogP contribution in [0.2, 0.25) is 0 Å². The van der Waals surface area contributed by atoms with Gasteiger partial charge in [0.25, 0.3) is 0 Å². The van der Waals surface area contributed by atoms with Crippen molar-refractivity contribution in [1.82, 2.24) is 9.80 Å². The molecule has 2 fully saturated rings. The second kappa shape index (κ2) is 9.55. The number of cyclic esters (lactones) is 1. The van der Waals surface area contributed by atoms with Crippen LogP contribution in [0.15, 0.2) is 48.5 Å². The lowest BCUT2D eigenvalue weighted by Gasteiger charge is -2.42. The maximum Gasteiger partial charge on any atom is 0.410 e. The van der Waals surface area contributed by atoms with Gasteiger partial charge in [0.2, 0.25) is 0 Å². The van der Waals surface area contributed by atoms with Crippen molar-refractivity contribution in [1.29, 1.82) is 0 Å². The smallest absolute Gasteiger partial charge is 0.410 e. The number of halogens is 2. The summed E-state index contributed by atoms with van der Waals surface area (Å²) in [7, 11) is 0. The molecule has 2 aromatic carbocycles. The van der Waals surface area contributed by atoms with Gasteiger partial charge in [0.15, 0.2) is 0 Å². The summed E-state index contributed by atoms with van der Waals surface area (Å²) in [5.74, 6) is -0.812. The summed E-state index contributed by atoms with van der Waals surface area (Å²) in [5.41, 5.74) is -0.0983. The fraction of sp³-hybridized carbons (Fsp3) is 0.480. The highest BCUT2D eigenvalue weighted by molar-refractivity contribution is 5.69. The molecular weight excluding hydrogens is 414 g/mol. The predicted octanol–water partition coefficient (Wildman–Crippen LogP) is 4.14.